The molecule has 0 heterocycles. The van der Waals surface area contributed by atoms with E-state index in [4.69, 9.17) is 14.2 Å². The van der Waals surface area contributed by atoms with Crippen LogP contribution in [0.1, 0.15) is 12.8 Å². The monoisotopic (exact) mass is 344 g/mol. The van der Waals surface area contributed by atoms with Gasteiger partial charge in [-0.15, -0.1) is 0 Å². The van der Waals surface area contributed by atoms with Gasteiger partial charge in [0, 0.05) is 6.42 Å². The van der Waals surface area contributed by atoms with Gasteiger partial charge in [-0.05, 0) is 30.7 Å². The number of ether oxygens (including phenoxy) is 4. The number of benzene rings is 2. The molecule has 0 amide bonds. The molecule has 2 aromatic carbocycles. The molecule has 1 unspecified atom stereocenters. The van der Waals surface area contributed by atoms with E-state index in [9.17, 15) is 4.79 Å². The number of carbonyl (C=O) groups excluding carboxylic acids is 1. The quantitative estimate of drug-likeness (QED) is 0.461. The molecular weight excluding hydrogens is 320 g/mol. The molecule has 0 N–H and O–H groups in total. The van der Waals surface area contributed by atoms with Crippen LogP contribution < -0.4 is 9.47 Å². The van der Waals surface area contributed by atoms with Crippen molar-refractivity contribution in [3.63, 3.8) is 0 Å². The lowest BCUT2D eigenvalue weighted by Crippen LogP contribution is -2.25. The predicted octanol–water partition coefficient (Wildman–Crippen LogP) is 3.48. The van der Waals surface area contributed by atoms with E-state index in [0.29, 0.717) is 32.7 Å². The zero-order valence-corrected chi connectivity index (χ0v) is 14.4. The standard InChI is InChI=1S/C20H24O5/c1-22-20(21)13-12-19(16-25-18-10-6-3-7-11-18)24-15-14-23-17-8-4-2-5-9-17/h2-11,19H,12-16H2,1H3. The maximum atomic E-state index is 11.4. The molecule has 0 radical (unpaired) electrons. The van der Waals surface area contributed by atoms with Crippen molar-refractivity contribution in [3.05, 3.63) is 60.7 Å². The van der Waals surface area contributed by atoms with Gasteiger partial charge >= 0.3 is 5.97 Å². The minimum atomic E-state index is -0.256. The normalized spacial score (nSPS) is 11.6. The third-order valence-electron chi connectivity index (χ3n) is 3.53. The van der Waals surface area contributed by atoms with Crippen LogP contribution in [-0.2, 0) is 14.3 Å². The summed E-state index contributed by atoms with van der Waals surface area (Å²) < 4.78 is 21.8. The van der Waals surface area contributed by atoms with Crippen molar-refractivity contribution in [1.29, 1.82) is 0 Å². The minimum absolute atomic E-state index is 0.210. The van der Waals surface area contributed by atoms with Crippen LogP contribution in [0, 0.1) is 0 Å². The van der Waals surface area contributed by atoms with Crippen molar-refractivity contribution in [2.75, 3.05) is 26.9 Å². The molecule has 5 heteroatoms. The van der Waals surface area contributed by atoms with Gasteiger partial charge in [0.1, 0.15) is 24.7 Å². The average molecular weight is 344 g/mol. The molecule has 0 aromatic heterocycles. The van der Waals surface area contributed by atoms with Gasteiger partial charge in [0.2, 0.25) is 0 Å². The molecule has 0 bridgehead atoms. The second kappa shape index (κ2) is 11.1. The summed E-state index contributed by atoms with van der Waals surface area (Å²) in [5.74, 6) is 1.32. The molecule has 1 atom stereocenters. The Morgan fingerprint density at radius 2 is 1.48 bits per heavy atom. The fourth-order valence-electron chi connectivity index (χ4n) is 2.19. The summed E-state index contributed by atoms with van der Waals surface area (Å²) in [6, 6.07) is 19.1. The number of hydrogen-bond acceptors (Lipinski definition) is 5. The molecule has 5 nitrogen and oxygen atoms in total. The molecule has 2 rings (SSSR count). The van der Waals surface area contributed by atoms with Gasteiger partial charge in [-0.3, -0.25) is 4.79 Å². The van der Waals surface area contributed by atoms with Crippen LogP contribution in [0.25, 0.3) is 0 Å². The van der Waals surface area contributed by atoms with Crippen molar-refractivity contribution in [3.8, 4) is 11.5 Å². The topological polar surface area (TPSA) is 54.0 Å². The van der Waals surface area contributed by atoms with Crippen LogP contribution in [0.2, 0.25) is 0 Å². The Kier molecular flexibility index (Phi) is 8.35. The van der Waals surface area contributed by atoms with Crippen LogP contribution in [0.15, 0.2) is 60.7 Å². The molecule has 0 spiro atoms. The molecule has 0 aliphatic heterocycles. The van der Waals surface area contributed by atoms with Crippen molar-refractivity contribution < 1.29 is 23.7 Å². The number of hydrogen-bond donors (Lipinski definition) is 0. The van der Waals surface area contributed by atoms with E-state index in [1.165, 1.54) is 7.11 Å². The van der Waals surface area contributed by atoms with E-state index in [0.717, 1.165) is 11.5 Å². The number of esters is 1. The summed E-state index contributed by atoms with van der Waals surface area (Å²) >= 11 is 0. The van der Waals surface area contributed by atoms with E-state index in [1.807, 2.05) is 60.7 Å². The molecule has 0 aliphatic carbocycles. The Labute approximate surface area is 148 Å². The Bertz CT molecular complexity index is 600. The highest BCUT2D eigenvalue weighted by atomic mass is 16.6. The summed E-state index contributed by atoms with van der Waals surface area (Å²) in [6.45, 7) is 1.22. The fraction of sp³-hybridized carbons (Fsp3) is 0.350. The first-order valence-corrected chi connectivity index (χ1v) is 8.32. The van der Waals surface area contributed by atoms with Gasteiger partial charge in [0.15, 0.2) is 0 Å². The number of carbonyl (C=O) groups is 1. The van der Waals surface area contributed by atoms with Crippen LogP contribution in [0.5, 0.6) is 11.5 Å². The highest BCUT2D eigenvalue weighted by Crippen LogP contribution is 2.12. The molecule has 25 heavy (non-hydrogen) atoms. The third-order valence-corrected chi connectivity index (χ3v) is 3.53. The zero-order valence-electron chi connectivity index (χ0n) is 14.4. The average Bonchev–Trinajstić information content (AvgIpc) is 2.68. The molecule has 0 saturated carbocycles. The first kappa shape index (κ1) is 18.8. The van der Waals surface area contributed by atoms with E-state index in [1.54, 1.807) is 0 Å². The van der Waals surface area contributed by atoms with E-state index in [2.05, 4.69) is 4.74 Å². The Morgan fingerprint density at radius 1 is 0.880 bits per heavy atom. The maximum Gasteiger partial charge on any atom is 0.305 e. The van der Waals surface area contributed by atoms with Crippen LogP contribution in [0.3, 0.4) is 0 Å². The SMILES string of the molecule is COC(=O)CCC(COc1ccccc1)OCCOc1ccccc1. The molecule has 0 saturated heterocycles. The van der Waals surface area contributed by atoms with Crippen molar-refractivity contribution >= 4 is 5.97 Å². The molecule has 0 fully saturated rings. The predicted molar refractivity (Wildman–Crippen MR) is 94.9 cm³/mol. The summed E-state index contributed by atoms with van der Waals surface area (Å²) in [6.07, 6.45) is 0.614. The molecule has 2 aromatic rings. The molecule has 134 valence electrons. The van der Waals surface area contributed by atoms with Gasteiger partial charge < -0.3 is 18.9 Å². The van der Waals surface area contributed by atoms with Gasteiger partial charge in [0.25, 0.3) is 0 Å². The maximum absolute atomic E-state index is 11.4. The largest absolute Gasteiger partial charge is 0.491 e. The number of para-hydroxylation sites is 2. The second-order valence-corrected chi connectivity index (χ2v) is 5.39. The lowest BCUT2D eigenvalue weighted by Gasteiger charge is -2.18. The van der Waals surface area contributed by atoms with Crippen LogP contribution >= 0.6 is 0 Å². The lowest BCUT2D eigenvalue weighted by atomic mass is 10.2. The number of methoxy groups -OCH3 is 1. The van der Waals surface area contributed by atoms with Crippen molar-refractivity contribution in [2.24, 2.45) is 0 Å². The lowest BCUT2D eigenvalue weighted by molar-refractivity contribution is -0.141. The zero-order chi connectivity index (χ0) is 17.7. The summed E-state index contributed by atoms with van der Waals surface area (Å²) in [4.78, 5) is 11.4. The van der Waals surface area contributed by atoms with Gasteiger partial charge in [-0.25, -0.2) is 0 Å². The second-order valence-electron chi connectivity index (χ2n) is 5.39. The highest BCUT2D eigenvalue weighted by Gasteiger charge is 2.13. The smallest absolute Gasteiger partial charge is 0.305 e. The third kappa shape index (κ3) is 7.72. The van der Waals surface area contributed by atoms with Crippen LogP contribution in [0.4, 0.5) is 0 Å². The summed E-state index contributed by atoms with van der Waals surface area (Å²) in [5, 5.41) is 0. The number of rotatable bonds is 11. The highest BCUT2D eigenvalue weighted by molar-refractivity contribution is 5.69. The van der Waals surface area contributed by atoms with Gasteiger partial charge in [-0.1, -0.05) is 36.4 Å². The van der Waals surface area contributed by atoms with E-state index < -0.39 is 0 Å². The molecular formula is C20H24O5. The fourth-order valence-corrected chi connectivity index (χ4v) is 2.19. The van der Waals surface area contributed by atoms with Gasteiger partial charge in [0.05, 0.1) is 19.8 Å². The Morgan fingerprint density at radius 3 is 2.08 bits per heavy atom. The first-order chi connectivity index (χ1) is 12.3. The van der Waals surface area contributed by atoms with Crippen molar-refractivity contribution in [1.82, 2.24) is 0 Å². The Hall–Kier alpha value is -2.53. The molecule has 0 aliphatic rings. The summed E-state index contributed by atoms with van der Waals surface area (Å²) in [5.41, 5.74) is 0. The first-order valence-electron chi connectivity index (χ1n) is 8.32. The van der Waals surface area contributed by atoms with E-state index in [-0.39, 0.29) is 12.1 Å². The Balaban J connectivity index is 1.75. The van der Waals surface area contributed by atoms with E-state index >= 15 is 0 Å². The van der Waals surface area contributed by atoms with Gasteiger partial charge in [-0.2, -0.15) is 0 Å². The minimum Gasteiger partial charge on any atom is -0.491 e. The summed E-state index contributed by atoms with van der Waals surface area (Å²) in [7, 11) is 1.38. The van der Waals surface area contributed by atoms with Crippen LogP contribution in [-0.4, -0.2) is 39.0 Å². The van der Waals surface area contributed by atoms with Crippen molar-refractivity contribution in [2.45, 2.75) is 18.9 Å².